The van der Waals surface area contributed by atoms with Crippen molar-refractivity contribution in [3.63, 3.8) is 0 Å². The molecule has 1 fully saturated rings. The average molecular weight is 345 g/mol. The zero-order valence-corrected chi connectivity index (χ0v) is 15.5. The van der Waals surface area contributed by atoms with Gasteiger partial charge in [-0.25, -0.2) is 4.79 Å². The number of fused-ring (bicyclic) bond motifs is 1. The molecule has 1 aliphatic heterocycles. The predicted octanol–water partition coefficient (Wildman–Crippen LogP) is 2.51. The van der Waals surface area contributed by atoms with Gasteiger partial charge in [-0.3, -0.25) is 0 Å². The number of carboxylic acid groups (broad SMARTS) is 1. The van der Waals surface area contributed by atoms with E-state index in [-0.39, 0.29) is 12.1 Å². The summed E-state index contributed by atoms with van der Waals surface area (Å²) in [5.41, 5.74) is 7.79. The molecule has 0 radical (unpaired) electrons. The molecule has 1 aromatic carbocycles. The molecule has 7 heteroatoms. The Kier molecular flexibility index (Phi) is 4.02. The van der Waals surface area contributed by atoms with E-state index in [9.17, 15) is 9.90 Å². The van der Waals surface area contributed by atoms with E-state index in [4.69, 9.17) is 19.5 Å². The Hall–Kier alpha value is -1.83. The number of benzene rings is 1. The van der Waals surface area contributed by atoms with Gasteiger partial charge in [0.25, 0.3) is 0 Å². The van der Waals surface area contributed by atoms with E-state index in [1.165, 1.54) is 0 Å². The highest BCUT2D eigenvalue weighted by Gasteiger charge is 2.53. The van der Waals surface area contributed by atoms with Crippen LogP contribution in [0.25, 0.3) is 11.0 Å². The molecule has 1 aliphatic rings. The molecule has 2 aromatic rings. The Morgan fingerprint density at radius 1 is 1.20 bits per heavy atom. The summed E-state index contributed by atoms with van der Waals surface area (Å²) in [6.07, 6.45) is 0. The van der Waals surface area contributed by atoms with E-state index in [0.29, 0.717) is 16.8 Å². The molecule has 0 spiro atoms. The third kappa shape index (κ3) is 2.58. The minimum Gasteiger partial charge on any atom is -0.478 e. The highest BCUT2D eigenvalue weighted by Crippen LogP contribution is 2.38. The minimum atomic E-state index is -1.04. The zero-order valence-electron chi connectivity index (χ0n) is 15.5. The average Bonchev–Trinajstić information content (AvgIpc) is 2.97. The molecule has 3 rings (SSSR count). The Bertz CT molecular complexity index is 852. The van der Waals surface area contributed by atoms with Gasteiger partial charge in [-0.2, -0.15) is 0 Å². The van der Waals surface area contributed by atoms with E-state index in [1.807, 2.05) is 41.5 Å². The highest BCUT2D eigenvalue weighted by molar-refractivity contribution is 6.66. The fourth-order valence-electron chi connectivity index (χ4n) is 3.16. The fourth-order valence-corrected chi connectivity index (χ4v) is 3.16. The van der Waals surface area contributed by atoms with Crippen LogP contribution in [-0.2, 0) is 15.9 Å². The Labute approximate surface area is 147 Å². The molecule has 0 atom stereocenters. The van der Waals surface area contributed by atoms with Gasteiger partial charge in [0.2, 0.25) is 0 Å². The molecule has 0 bridgehead atoms. The quantitative estimate of drug-likeness (QED) is 0.830. The molecule has 3 N–H and O–H groups in total. The number of nitrogens with two attached hydrogens (primary N) is 1. The number of furan rings is 1. The smallest absolute Gasteiger partial charge is 0.478 e. The lowest BCUT2D eigenvalue weighted by molar-refractivity contribution is 0.00578. The first kappa shape index (κ1) is 18.0. The predicted molar refractivity (Wildman–Crippen MR) is 96.3 cm³/mol. The number of carbonyl (C=O) groups is 1. The Balaban J connectivity index is 2.31. The Morgan fingerprint density at radius 3 is 2.24 bits per heavy atom. The molecular formula is C18H24BNO5. The van der Waals surface area contributed by atoms with Crippen LogP contribution in [0, 0.1) is 13.8 Å². The van der Waals surface area contributed by atoms with E-state index >= 15 is 0 Å². The van der Waals surface area contributed by atoms with Gasteiger partial charge < -0.3 is 24.6 Å². The first-order chi connectivity index (χ1) is 11.5. The van der Waals surface area contributed by atoms with Crippen molar-refractivity contribution in [1.82, 2.24) is 0 Å². The molecule has 0 unspecified atom stereocenters. The maximum absolute atomic E-state index is 11.7. The second-order valence-corrected chi connectivity index (χ2v) is 7.61. The van der Waals surface area contributed by atoms with E-state index < -0.39 is 24.3 Å². The van der Waals surface area contributed by atoms with Crippen molar-refractivity contribution in [3.8, 4) is 0 Å². The number of hydrogen-bond donors (Lipinski definition) is 2. The molecule has 6 nitrogen and oxygen atoms in total. The number of aromatic carboxylic acids is 1. The van der Waals surface area contributed by atoms with E-state index in [1.54, 1.807) is 6.07 Å². The summed E-state index contributed by atoms with van der Waals surface area (Å²) in [6.45, 7) is 11.8. The van der Waals surface area contributed by atoms with Gasteiger partial charge in [0.1, 0.15) is 16.9 Å². The van der Waals surface area contributed by atoms with Crippen molar-refractivity contribution in [3.05, 3.63) is 28.5 Å². The Morgan fingerprint density at radius 2 is 1.76 bits per heavy atom. The first-order valence-corrected chi connectivity index (χ1v) is 8.34. The van der Waals surface area contributed by atoms with Gasteiger partial charge >= 0.3 is 13.1 Å². The summed E-state index contributed by atoms with van der Waals surface area (Å²) in [7, 11) is -0.660. The first-order valence-electron chi connectivity index (χ1n) is 8.34. The van der Waals surface area contributed by atoms with Crippen molar-refractivity contribution >= 4 is 29.5 Å². The van der Waals surface area contributed by atoms with Crippen molar-refractivity contribution in [2.24, 2.45) is 5.73 Å². The zero-order chi connectivity index (χ0) is 18.7. The SMILES string of the molecule is Cc1cc(C(=O)O)c2oc(CN)c(B3OC(C)(C)C(C)(C)O3)c2c1C. The van der Waals surface area contributed by atoms with Crippen LogP contribution in [0.4, 0.5) is 0 Å². The van der Waals surface area contributed by atoms with Crippen LogP contribution in [0.1, 0.15) is 54.9 Å². The van der Waals surface area contributed by atoms with Crippen LogP contribution in [0.2, 0.25) is 0 Å². The molecule has 0 amide bonds. The highest BCUT2D eigenvalue weighted by atomic mass is 16.7. The van der Waals surface area contributed by atoms with Crippen LogP contribution in [0.3, 0.4) is 0 Å². The number of carboxylic acids is 1. The fraction of sp³-hybridized carbons (Fsp3) is 0.500. The van der Waals surface area contributed by atoms with Crippen LogP contribution in [-0.4, -0.2) is 29.4 Å². The number of hydrogen-bond acceptors (Lipinski definition) is 5. The van der Waals surface area contributed by atoms with Crippen LogP contribution >= 0.6 is 0 Å². The van der Waals surface area contributed by atoms with Gasteiger partial charge in [-0.15, -0.1) is 0 Å². The van der Waals surface area contributed by atoms with Gasteiger partial charge in [-0.05, 0) is 58.7 Å². The van der Waals surface area contributed by atoms with Crippen molar-refractivity contribution in [2.75, 3.05) is 0 Å². The summed E-state index contributed by atoms with van der Waals surface area (Å²) in [6, 6.07) is 1.62. The summed E-state index contributed by atoms with van der Waals surface area (Å²) in [5, 5.41) is 10.3. The number of aryl methyl sites for hydroxylation is 2. The van der Waals surface area contributed by atoms with Gasteiger partial charge in [0.15, 0.2) is 0 Å². The van der Waals surface area contributed by atoms with Gasteiger partial charge in [-0.1, -0.05) is 0 Å². The molecule has 134 valence electrons. The molecule has 0 saturated carbocycles. The summed E-state index contributed by atoms with van der Waals surface area (Å²) < 4.78 is 18.2. The topological polar surface area (TPSA) is 94.9 Å². The maximum Gasteiger partial charge on any atom is 0.499 e. The molecule has 25 heavy (non-hydrogen) atoms. The van der Waals surface area contributed by atoms with E-state index in [2.05, 4.69) is 0 Å². The molecule has 1 saturated heterocycles. The minimum absolute atomic E-state index is 0.121. The third-order valence-electron chi connectivity index (χ3n) is 5.50. The lowest BCUT2D eigenvalue weighted by atomic mass is 9.75. The van der Waals surface area contributed by atoms with Crippen molar-refractivity contribution in [2.45, 2.75) is 59.3 Å². The molecule has 0 aliphatic carbocycles. The van der Waals surface area contributed by atoms with E-state index in [0.717, 1.165) is 16.5 Å². The second-order valence-electron chi connectivity index (χ2n) is 7.61. The summed E-state index contributed by atoms with van der Waals surface area (Å²) in [4.78, 5) is 11.7. The lowest BCUT2D eigenvalue weighted by Gasteiger charge is -2.32. The molecule has 2 heterocycles. The maximum atomic E-state index is 11.7. The lowest BCUT2D eigenvalue weighted by Crippen LogP contribution is -2.41. The van der Waals surface area contributed by atoms with Gasteiger partial charge in [0, 0.05) is 10.8 Å². The normalized spacial score (nSPS) is 18.9. The van der Waals surface area contributed by atoms with Crippen molar-refractivity contribution < 1.29 is 23.6 Å². The third-order valence-corrected chi connectivity index (χ3v) is 5.50. The van der Waals surface area contributed by atoms with Crippen LogP contribution < -0.4 is 11.2 Å². The standard InChI is InChI=1S/C18H24BNO5/c1-9-7-11(16(21)22)15-13(10(9)2)14(12(8-20)23-15)19-24-17(3,4)18(5,6)25-19/h7H,8,20H2,1-6H3,(H,21,22). The van der Waals surface area contributed by atoms with Gasteiger partial charge in [0.05, 0.1) is 17.7 Å². The van der Waals surface area contributed by atoms with Crippen molar-refractivity contribution in [1.29, 1.82) is 0 Å². The molecule has 1 aromatic heterocycles. The largest absolute Gasteiger partial charge is 0.499 e. The summed E-state index contributed by atoms with van der Waals surface area (Å²) >= 11 is 0. The van der Waals surface area contributed by atoms with Crippen LogP contribution in [0.15, 0.2) is 10.5 Å². The molecular weight excluding hydrogens is 321 g/mol. The number of rotatable bonds is 3. The van der Waals surface area contributed by atoms with Crippen LogP contribution in [0.5, 0.6) is 0 Å². The second kappa shape index (κ2) is 5.59. The summed E-state index contributed by atoms with van der Waals surface area (Å²) in [5.74, 6) is -0.546. The monoisotopic (exact) mass is 345 g/mol.